The third-order valence-corrected chi connectivity index (χ3v) is 7.20. The number of carbonyl (C=O) groups is 2. The van der Waals surface area contributed by atoms with E-state index in [0.717, 1.165) is 28.3 Å². The minimum absolute atomic E-state index is 0.0405. The Morgan fingerprint density at radius 2 is 1.75 bits per heavy atom. The first-order valence-electron chi connectivity index (χ1n) is 11.6. The van der Waals surface area contributed by atoms with E-state index >= 15 is 0 Å². The Kier molecular flexibility index (Phi) is 10.5. The molecule has 2 aromatic carbocycles. The third kappa shape index (κ3) is 7.83. The van der Waals surface area contributed by atoms with Crippen molar-refractivity contribution in [2.75, 3.05) is 24.2 Å². The Morgan fingerprint density at radius 3 is 2.25 bits per heavy atom. The standard InChI is InChI=1S/C25H33ClFN3O5S/c1-6-17(3)28-25(32)23(7-2)29(15-18-8-11-20(35-4)12-9-18)24(31)16-30(36(5,33)34)19-10-13-22(27)21(26)14-19/h8-14,17,23H,6-7,15-16H2,1-5H3,(H,28,32). The number of halogens is 2. The summed E-state index contributed by atoms with van der Waals surface area (Å²) in [6.07, 6.45) is 1.96. The number of benzene rings is 2. The highest BCUT2D eigenvalue weighted by Gasteiger charge is 2.32. The molecule has 2 amide bonds. The van der Waals surface area contributed by atoms with Gasteiger partial charge in [0, 0.05) is 12.6 Å². The van der Waals surface area contributed by atoms with E-state index in [0.29, 0.717) is 18.6 Å². The lowest BCUT2D eigenvalue weighted by molar-refractivity contribution is -0.140. The van der Waals surface area contributed by atoms with Crippen molar-refractivity contribution in [3.05, 3.63) is 58.9 Å². The van der Waals surface area contributed by atoms with E-state index in [1.807, 2.05) is 13.8 Å². The van der Waals surface area contributed by atoms with E-state index in [4.69, 9.17) is 16.3 Å². The number of nitrogens with one attached hydrogen (secondary N) is 1. The molecule has 0 aliphatic heterocycles. The maximum absolute atomic E-state index is 13.7. The molecule has 198 valence electrons. The minimum atomic E-state index is -3.95. The molecule has 2 unspecified atom stereocenters. The molecule has 11 heteroatoms. The third-order valence-electron chi connectivity index (χ3n) is 5.77. The maximum atomic E-state index is 13.7. The van der Waals surface area contributed by atoms with Crippen LogP contribution >= 0.6 is 11.6 Å². The molecule has 36 heavy (non-hydrogen) atoms. The number of methoxy groups -OCH3 is 1. The minimum Gasteiger partial charge on any atom is -0.497 e. The summed E-state index contributed by atoms with van der Waals surface area (Å²) in [6, 6.07) is 9.49. The zero-order valence-electron chi connectivity index (χ0n) is 21.1. The number of ether oxygens (including phenoxy) is 1. The molecular weight excluding hydrogens is 509 g/mol. The van der Waals surface area contributed by atoms with Crippen LogP contribution in [0, 0.1) is 5.82 Å². The Hall–Kier alpha value is -2.85. The number of sulfonamides is 1. The van der Waals surface area contributed by atoms with Crippen molar-refractivity contribution in [1.29, 1.82) is 0 Å². The summed E-state index contributed by atoms with van der Waals surface area (Å²) in [6.45, 7) is 5.05. The van der Waals surface area contributed by atoms with Crippen LogP contribution in [0.5, 0.6) is 5.75 Å². The molecule has 2 aromatic rings. The molecule has 0 spiro atoms. The second-order valence-corrected chi connectivity index (χ2v) is 10.8. The van der Waals surface area contributed by atoms with Crippen LogP contribution in [0.15, 0.2) is 42.5 Å². The molecule has 0 heterocycles. The number of anilines is 1. The van der Waals surface area contributed by atoms with E-state index in [9.17, 15) is 22.4 Å². The molecule has 1 N–H and O–H groups in total. The van der Waals surface area contributed by atoms with Gasteiger partial charge in [-0.2, -0.15) is 0 Å². The summed E-state index contributed by atoms with van der Waals surface area (Å²) in [5.74, 6) is -1.00. The predicted octanol–water partition coefficient (Wildman–Crippen LogP) is 3.98. The van der Waals surface area contributed by atoms with Crippen molar-refractivity contribution in [2.24, 2.45) is 0 Å². The van der Waals surface area contributed by atoms with Gasteiger partial charge in [0.2, 0.25) is 21.8 Å². The van der Waals surface area contributed by atoms with E-state index in [2.05, 4.69) is 5.32 Å². The zero-order valence-corrected chi connectivity index (χ0v) is 22.7. The van der Waals surface area contributed by atoms with Crippen LogP contribution in [0.4, 0.5) is 10.1 Å². The molecule has 0 radical (unpaired) electrons. The summed E-state index contributed by atoms with van der Waals surface area (Å²) < 4.78 is 44.9. The maximum Gasteiger partial charge on any atom is 0.244 e. The van der Waals surface area contributed by atoms with Crippen LogP contribution < -0.4 is 14.4 Å². The van der Waals surface area contributed by atoms with Gasteiger partial charge in [-0.1, -0.05) is 37.6 Å². The van der Waals surface area contributed by atoms with Crippen molar-refractivity contribution in [2.45, 2.75) is 52.2 Å². The SMILES string of the molecule is CCC(C)NC(=O)C(CC)N(Cc1ccc(OC)cc1)C(=O)CN(c1ccc(F)c(Cl)c1)S(C)(=O)=O. The highest BCUT2D eigenvalue weighted by molar-refractivity contribution is 7.92. The second-order valence-electron chi connectivity index (χ2n) is 8.48. The summed E-state index contributed by atoms with van der Waals surface area (Å²) in [5, 5.41) is 2.63. The Bertz CT molecular complexity index is 1160. The summed E-state index contributed by atoms with van der Waals surface area (Å²) in [7, 11) is -2.41. The van der Waals surface area contributed by atoms with Crippen LogP contribution in [-0.2, 0) is 26.2 Å². The lowest BCUT2D eigenvalue weighted by Crippen LogP contribution is -2.53. The van der Waals surface area contributed by atoms with Crippen LogP contribution in [0.1, 0.15) is 39.2 Å². The number of amides is 2. The van der Waals surface area contributed by atoms with Crippen LogP contribution in [0.25, 0.3) is 0 Å². The number of hydrogen-bond acceptors (Lipinski definition) is 5. The second kappa shape index (κ2) is 12.9. The van der Waals surface area contributed by atoms with Crippen molar-refractivity contribution >= 4 is 39.1 Å². The highest BCUT2D eigenvalue weighted by Crippen LogP contribution is 2.25. The van der Waals surface area contributed by atoms with E-state index in [1.54, 1.807) is 38.3 Å². The molecule has 0 aromatic heterocycles. The van der Waals surface area contributed by atoms with Gasteiger partial charge >= 0.3 is 0 Å². The summed E-state index contributed by atoms with van der Waals surface area (Å²) >= 11 is 5.86. The average molecular weight is 542 g/mol. The van der Waals surface area contributed by atoms with Crippen molar-refractivity contribution in [1.82, 2.24) is 10.2 Å². The van der Waals surface area contributed by atoms with Crippen molar-refractivity contribution in [3.8, 4) is 5.75 Å². The van der Waals surface area contributed by atoms with E-state index < -0.39 is 34.3 Å². The summed E-state index contributed by atoms with van der Waals surface area (Å²) in [5.41, 5.74) is 0.772. The molecule has 0 fully saturated rings. The quantitative estimate of drug-likeness (QED) is 0.438. The van der Waals surface area contributed by atoms with Crippen molar-refractivity contribution < 1.29 is 27.1 Å². The molecule has 0 bridgehead atoms. The topological polar surface area (TPSA) is 96.0 Å². The van der Waals surface area contributed by atoms with Gasteiger partial charge in [0.15, 0.2) is 0 Å². The lowest BCUT2D eigenvalue weighted by Gasteiger charge is -2.33. The molecular formula is C25H33ClFN3O5S. The fraction of sp³-hybridized carbons (Fsp3) is 0.440. The van der Waals surface area contributed by atoms with E-state index in [-0.39, 0.29) is 29.2 Å². The van der Waals surface area contributed by atoms with Gasteiger partial charge in [-0.05, 0) is 55.7 Å². The highest BCUT2D eigenvalue weighted by atomic mass is 35.5. The molecule has 0 saturated carbocycles. The van der Waals surface area contributed by atoms with Gasteiger partial charge in [0.05, 0.1) is 24.1 Å². The first-order chi connectivity index (χ1) is 16.9. The van der Waals surface area contributed by atoms with Crippen LogP contribution in [0.2, 0.25) is 5.02 Å². The van der Waals surface area contributed by atoms with Gasteiger partial charge in [-0.3, -0.25) is 13.9 Å². The zero-order chi connectivity index (χ0) is 27.0. The van der Waals surface area contributed by atoms with Gasteiger partial charge < -0.3 is 15.0 Å². The fourth-order valence-corrected chi connectivity index (χ4v) is 4.56. The normalized spacial score (nSPS) is 13.0. The monoisotopic (exact) mass is 541 g/mol. The predicted molar refractivity (Wildman–Crippen MR) is 139 cm³/mol. The smallest absolute Gasteiger partial charge is 0.244 e. The molecule has 0 aliphatic rings. The largest absolute Gasteiger partial charge is 0.497 e. The van der Waals surface area contributed by atoms with Crippen LogP contribution in [0.3, 0.4) is 0 Å². The molecule has 8 nitrogen and oxygen atoms in total. The Morgan fingerprint density at radius 1 is 1.11 bits per heavy atom. The first kappa shape index (κ1) is 29.4. The van der Waals surface area contributed by atoms with Gasteiger partial charge in [-0.15, -0.1) is 0 Å². The molecule has 2 rings (SSSR count). The Labute approximate surface area is 217 Å². The van der Waals surface area contributed by atoms with Crippen molar-refractivity contribution in [3.63, 3.8) is 0 Å². The molecule has 0 saturated heterocycles. The lowest BCUT2D eigenvalue weighted by atomic mass is 10.1. The molecule has 2 atom stereocenters. The number of hydrogen-bond donors (Lipinski definition) is 1. The molecule has 0 aliphatic carbocycles. The first-order valence-corrected chi connectivity index (χ1v) is 13.8. The van der Waals surface area contributed by atoms with Crippen LogP contribution in [-0.4, -0.2) is 57.1 Å². The Balaban J connectivity index is 2.45. The van der Waals surface area contributed by atoms with Gasteiger partial charge in [0.25, 0.3) is 0 Å². The number of nitrogens with zero attached hydrogens (tertiary/aromatic N) is 2. The average Bonchev–Trinajstić information content (AvgIpc) is 2.83. The summed E-state index contributed by atoms with van der Waals surface area (Å²) in [4.78, 5) is 28.1. The number of carbonyl (C=O) groups excluding carboxylic acids is 2. The van der Waals surface area contributed by atoms with Gasteiger partial charge in [-0.25, -0.2) is 12.8 Å². The number of rotatable bonds is 12. The fourth-order valence-electron chi connectivity index (χ4n) is 3.54. The van der Waals surface area contributed by atoms with Gasteiger partial charge in [0.1, 0.15) is 24.2 Å². The van der Waals surface area contributed by atoms with E-state index in [1.165, 1.54) is 11.0 Å².